The maximum absolute atomic E-state index is 11.0. The topological polar surface area (TPSA) is 59.3 Å². The Bertz CT molecular complexity index is 585. The fourth-order valence-corrected chi connectivity index (χ4v) is 5.32. The second-order valence-electron chi connectivity index (χ2n) is 7.82. The Hall–Kier alpha value is -1.65. The lowest BCUT2D eigenvalue weighted by molar-refractivity contribution is -0.385. The van der Waals surface area contributed by atoms with E-state index in [0.29, 0.717) is 12.0 Å². The highest BCUT2D eigenvalue weighted by Crippen LogP contribution is 2.52. The third-order valence-corrected chi connectivity index (χ3v) is 6.40. The predicted octanol–water partition coefficient (Wildman–Crippen LogP) is 5.49. The van der Waals surface area contributed by atoms with Crippen molar-refractivity contribution in [3.05, 3.63) is 28.4 Å². The summed E-state index contributed by atoms with van der Waals surface area (Å²) in [4.78, 5) is 17.7. The number of aromatic nitrogens is 1. The van der Waals surface area contributed by atoms with Crippen molar-refractivity contribution in [2.45, 2.75) is 89.6 Å². The summed E-state index contributed by atoms with van der Waals surface area (Å²) >= 11 is 0. The zero-order chi connectivity index (χ0) is 17.9. The molecule has 0 aliphatic carbocycles. The van der Waals surface area contributed by atoms with Crippen LogP contribution < -0.4 is 4.90 Å². The molecule has 138 valence electrons. The molecule has 1 aromatic rings. The SMILES string of the molecule is CCCCC(CCC)C12CCCC(CC1)N2c1ccc([N+](=O)[O-])cn1. The third-order valence-electron chi connectivity index (χ3n) is 6.40. The van der Waals surface area contributed by atoms with Crippen LogP contribution in [-0.2, 0) is 0 Å². The maximum Gasteiger partial charge on any atom is 0.287 e. The van der Waals surface area contributed by atoms with Gasteiger partial charge in [0.05, 0.1) is 4.92 Å². The van der Waals surface area contributed by atoms with Crippen molar-refractivity contribution in [1.29, 1.82) is 0 Å². The van der Waals surface area contributed by atoms with Crippen molar-refractivity contribution < 1.29 is 4.92 Å². The maximum atomic E-state index is 11.0. The zero-order valence-corrected chi connectivity index (χ0v) is 15.6. The van der Waals surface area contributed by atoms with E-state index in [-0.39, 0.29) is 16.1 Å². The number of pyridine rings is 1. The van der Waals surface area contributed by atoms with E-state index < -0.39 is 0 Å². The highest BCUT2D eigenvalue weighted by molar-refractivity contribution is 5.49. The second kappa shape index (κ2) is 7.71. The van der Waals surface area contributed by atoms with Gasteiger partial charge in [0, 0.05) is 17.6 Å². The van der Waals surface area contributed by atoms with Gasteiger partial charge < -0.3 is 4.90 Å². The molecule has 0 amide bonds. The molecule has 3 atom stereocenters. The minimum absolute atomic E-state index is 0.0817. The first-order chi connectivity index (χ1) is 12.1. The first-order valence-electron chi connectivity index (χ1n) is 10.0. The minimum atomic E-state index is -0.363. The summed E-state index contributed by atoms with van der Waals surface area (Å²) in [5.74, 6) is 1.66. The van der Waals surface area contributed by atoms with Crippen LogP contribution in [-0.4, -0.2) is 21.5 Å². The van der Waals surface area contributed by atoms with Crippen molar-refractivity contribution >= 4 is 11.5 Å². The van der Waals surface area contributed by atoms with Crippen molar-refractivity contribution in [3.63, 3.8) is 0 Å². The number of nitrogens with zero attached hydrogens (tertiary/aromatic N) is 3. The zero-order valence-electron chi connectivity index (χ0n) is 15.6. The Balaban J connectivity index is 1.93. The lowest BCUT2D eigenvalue weighted by Crippen LogP contribution is -2.55. The van der Waals surface area contributed by atoms with Crippen LogP contribution in [0.15, 0.2) is 18.3 Å². The van der Waals surface area contributed by atoms with Gasteiger partial charge in [-0.3, -0.25) is 10.1 Å². The summed E-state index contributed by atoms with van der Waals surface area (Å²) in [5, 5.41) is 11.0. The van der Waals surface area contributed by atoms with E-state index in [4.69, 9.17) is 0 Å². The summed E-state index contributed by atoms with van der Waals surface area (Å²) in [6.45, 7) is 4.56. The van der Waals surface area contributed by atoms with Gasteiger partial charge in [0.25, 0.3) is 5.69 Å². The molecular formula is C20H31N3O2. The van der Waals surface area contributed by atoms with E-state index in [1.807, 2.05) is 6.07 Å². The second-order valence-corrected chi connectivity index (χ2v) is 7.82. The molecule has 0 saturated carbocycles. The van der Waals surface area contributed by atoms with Crippen LogP contribution in [0.25, 0.3) is 0 Å². The Morgan fingerprint density at radius 2 is 2.12 bits per heavy atom. The van der Waals surface area contributed by atoms with Crippen LogP contribution in [0, 0.1) is 16.0 Å². The minimum Gasteiger partial charge on any atom is -0.348 e. The molecule has 3 unspecified atom stereocenters. The number of unbranched alkanes of at least 4 members (excludes halogenated alkanes) is 1. The largest absolute Gasteiger partial charge is 0.348 e. The molecule has 3 rings (SSSR count). The molecule has 0 N–H and O–H groups in total. The number of nitro groups is 1. The molecule has 25 heavy (non-hydrogen) atoms. The molecule has 3 heterocycles. The van der Waals surface area contributed by atoms with Gasteiger partial charge in [-0.05, 0) is 56.9 Å². The van der Waals surface area contributed by atoms with E-state index >= 15 is 0 Å². The summed E-state index contributed by atoms with van der Waals surface area (Å²) in [6, 6.07) is 4.05. The van der Waals surface area contributed by atoms with Crippen LogP contribution in [0.3, 0.4) is 0 Å². The molecule has 0 aromatic carbocycles. The van der Waals surface area contributed by atoms with Gasteiger partial charge in [-0.1, -0.05) is 33.1 Å². The van der Waals surface area contributed by atoms with E-state index in [1.165, 1.54) is 70.4 Å². The van der Waals surface area contributed by atoms with Crippen LogP contribution in [0.4, 0.5) is 11.5 Å². The van der Waals surface area contributed by atoms with E-state index in [1.54, 1.807) is 6.07 Å². The number of rotatable bonds is 8. The molecule has 0 spiro atoms. The predicted molar refractivity (Wildman–Crippen MR) is 101 cm³/mol. The molecular weight excluding hydrogens is 314 g/mol. The van der Waals surface area contributed by atoms with Crippen molar-refractivity contribution in [1.82, 2.24) is 4.98 Å². The van der Waals surface area contributed by atoms with Gasteiger partial charge in [0.15, 0.2) is 0 Å². The summed E-state index contributed by atoms with van der Waals surface area (Å²) in [7, 11) is 0. The van der Waals surface area contributed by atoms with E-state index in [0.717, 1.165) is 5.82 Å². The number of anilines is 1. The first kappa shape index (κ1) is 18.2. The van der Waals surface area contributed by atoms with Crippen LogP contribution in [0.2, 0.25) is 0 Å². The van der Waals surface area contributed by atoms with Gasteiger partial charge in [-0.25, -0.2) is 4.98 Å². The summed E-state index contributed by atoms with van der Waals surface area (Å²) < 4.78 is 0. The molecule has 2 bridgehead atoms. The highest BCUT2D eigenvalue weighted by Gasteiger charge is 2.52. The van der Waals surface area contributed by atoms with Crippen LogP contribution >= 0.6 is 0 Å². The molecule has 1 aromatic heterocycles. The van der Waals surface area contributed by atoms with Crippen molar-refractivity contribution in [2.75, 3.05) is 4.90 Å². The van der Waals surface area contributed by atoms with Gasteiger partial charge in [0.2, 0.25) is 0 Å². The van der Waals surface area contributed by atoms with E-state index in [9.17, 15) is 10.1 Å². The normalized spacial score (nSPS) is 26.6. The van der Waals surface area contributed by atoms with Gasteiger partial charge in [-0.2, -0.15) is 0 Å². The highest BCUT2D eigenvalue weighted by atomic mass is 16.6. The summed E-state index contributed by atoms with van der Waals surface area (Å²) in [5.41, 5.74) is 0.301. The van der Waals surface area contributed by atoms with Crippen LogP contribution in [0.1, 0.15) is 78.1 Å². The number of hydrogen-bond donors (Lipinski definition) is 0. The lowest BCUT2D eigenvalue weighted by atomic mass is 9.72. The Morgan fingerprint density at radius 3 is 2.76 bits per heavy atom. The van der Waals surface area contributed by atoms with E-state index in [2.05, 4.69) is 23.7 Å². The third kappa shape index (κ3) is 3.38. The molecule has 2 fully saturated rings. The smallest absolute Gasteiger partial charge is 0.287 e. The number of hydrogen-bond acceptors (Lipinski definition) is 4. The van der Waals surface area contributed by atoms with Crippen molar-refractivity contribution in [2.24, 2.45) is 5.92 Å². The molecule has 0 radical (unpaired) electrons. The van der Waals surface area contributed by atoms with Crippen LogP contribution in [0.5, 0.6) is 0 Å². The number of piperidine rings is 1. The molecule has 2 aliphatic rings. The lowest BCUT2D eigenvalue weighted by Gasteiger charge is -2.50. The average Bonchev–Trinajstić information content (AvgIpc) is 2.85. The fourth-order valence-electron chi connectivity index (χ4n) is 5.32. The van der Waals surface area contributed by atoms with Gasteiger partial charge >= 0.3 is 0 Å². The molecule has 5 heteroatoms. The van der Waals surface area contributed by atoms with Crippen molar-refractivity contribution in [3.8, 4) is 0 Å². The molecule has 5 nitrogen and oxygen atoms in total. The number of fused-ring (bicyclic) bond motifs is 2. The van der Waals surface area contributed by atoms with Gasteiger partial charge in [-0.15, -0.1) is 0 Å². The average molecular weight is 345 g/mol. The fraction of sp³-hybridized carbons (Fsp3) is 0.750. The van der Waals surface area contributed by atoms with Gasteiger partial charge in [0.1, 0.15) is 12.0 Å². The molecule has 2 aliphatic heterocycles. The Labute approximate surface area is 151 Å². The standard InChI is InChI=1S/C20H31N3O2/c1-3-5-8-16(7-4-2)20-13-6-9-17(12-14-20)22(20)19-11-10-18(15-21-19)23(24)25/h10-11,15-17H,3-9,12-14H2,1-2H3. The Kier molecular flexibility index (Phi) is 5.60. The quantitative estimate of drug-likeness (QED) is 0.462. The monoisotopic (exact) mass is 345 g/mol. The molecule has 2 saturated heterocycles. The Morgan fingerprint density at radius 1 is 1.28 bits per heavy atom. The summed E-state index contributed by atoms with van der Waals surface area (Å²) in [6.07, 6.45) is 14.0. The first-order valence-corrected chi connectivity index (χ1v) is 10.0.